The third-order valence-electron chi connectivity index (χ3n) is 4.09. The van der Waals surface area contributed by atoms with Gasteiger partial charge in [0.2, 0.25) is 11.8 Å². The number of fused-ring (bicyclic) bond motifs is 1. The molecule has 0 saturated carbocycles. The maximum absolute atomic E-state index is 12.7. The van der Waals surface area contributed by atoms with Gasteiger partial charge in [0, 0.05) is 17.8 Å². The summed E-state index contributed by atoms with van der Waals surface area (Å²) in [6.07, 6.45) is 0.153. The van der Waals surface area contributed by atoms with E-state index in [-0.39, 0.29) is 18.2 Å². The molecule has 0 aliphatic carbocycles. The first-order valence-electron chi connectivity index (χ1n) is 7.60. The summed E-state index contributed by atoms with van der Waals surface area (Å²) < 4.78 is 0. The van der Waals surface area contributed by atoms with Gasteiger partial charge in [-0.2, -0.15) is 0 Å². The van der Waals surface area contributed by atoms with Gasteiger partial charge in [-0.3, -0.25) is 14.6 Å². The SMILES string of the molecule is Cc1cc(C)c(NC(=O)C2CC(=O)Nc3ccccc32)c(C)n1. The highest BCUT2D eigenvalue weighted by Crippen LogP contribution is 2.33. The van der Waals surface area contributed by atoms with Crippen LogP contribution in [-0.4, -0.2) is 16.8 Å². The second kappa shape index (κ2) is 5.83. The van der Waals surface area contributed by atoms with Crippen LogP contribution in [0.4, 0.5) is 11.4 Å². The average Bonchev–Trinajstić information content (AvgIpc) is 2.49. The van der Waals surface area contributed by atoms with E-state index in [2.05, 4.69) is 15.6 Å². The molecule has 2 aromatic rings. The van der Waals surface area contributed by atoms with Crippen LogP contribution in [0.15, 0.2) is 30.3 Å². The molecule has 2 N–H and O–H groups in total. The van der Waals surface area contributed by atoms with E-state index in [1.807, 2.05) is 51.1 Å². The number of anilines is 2. The van der Waals surface area contributed by atoms with Crippen LogP contribution in [0.1, 0.15) is 34.9 Å². The van der Waals surface area contributed by atoms with Crippen LogP contribution in [0.2, 0.25) is 0 Å². The molecule has 1 aliphatic heterocycles. The van der Waals surface area contributed by atoms with Gasteiger partial charge in [0.15, 0.2) is 0 Å². The Morgan fingerprint density at radius 1 is 1.26 bits per heavy atom. The number of rotatable bonds is 2. The molecule has 1 atom stereocenters. The Morgan fingerprint density at radius 3 is 2.74 bits per heavy atom. The second-order valence-corrected chi connectivity index (χ2v) is 5.92. The van der Waals surface area contributed by atoms with E-state index in [9.17, 15) is 9.59 Å². The highest BCUT2D eigenvalue weighted by molar-refractivity contribution is 6.05. The Balaban J connectivity index is 1.92. The molecule has 5 heteroatoms. The van der Waals surface area contributed by atoms with Crippen molar-refractivity contribution in [3.8, 4) is 0 Å². The summed E-state index contributed by atoms with van der Waals surface area (Å²) in [6.45, 7) is 5.74. The van der Waals surface area contributed by atoms with Crippen LogP contribution in [-0.2, 0) is 9.59 Å². The smallest absolute Gasteiger partial charge is 0.232 e. The first kappa shape index (κ1) is 15.2. The number of aromatic nitrogens is 1. The Labute approximate surface area is 135 Å². The highest BCUT2D eigenvalue weighted by atomic mass is 16.2. The molecule has 0 fully saturated rings. The molecule has 2 amide bonds. The predicted molar refractivity (Wildman–Crippen MR) is 89.5 cm³/mol. The van der Waals surface area contributed by atoms with Gasteiger partial charge in [-0.25, -0.2) is 0 Å². The van der Waals surface area contributed by atoms with Gasteiger partial charge in [-0.05, 0) is 44.0 Å². The molecule has 1 unspecified atom stereocenters. The minimum absolute atomic E-state index is 0.140. The standard InChI is InChI=1S/C18H19N3O2/c1-10-8-11(2)19-12(3)17(10)21-18(23)14-9-16(22)20-15-7-5-4-6-13(14)15/h4-8,14H,9H2,1-3H3,(H,20,22)(H,21,23). The molecular formula is C18H19N3O2. The van der Waals surface area contributed by atoms with E-state index < -0.39 is 5.92 Å². The number of carbonyl (C=O) groups excluding carboxylic acids is 2. The van der Waals surface area contributed by atoms with Gasteiger partial charge in [0.05, 0.1) is 17.3 Å². The zero-order valence-electron chi connectivity index (χ0n) is 13.4. The summed E-state index contributed by atoms with van der Waals surface area (Å²) in [4.78, 5) is 29.0. The molecule has 0 bridgehead atoms. The van der Waals surface area contributed by atoms with Gasteiger partial charge in [-0.15, -0.1) is 0 Å². The molecular weight excluding hydrogens is 290 g/mol. The van der Waals surface area contributed by atoms with Crippen LogP contribution in [0.25, 0.3) is 0 Å². The number of benzene rings is 1. The minimum atomic E-state index is -0.486. The number of hydrogen-bond donors (Lipinski definition) is 2. The fourth-order valence-corrected chi connectivity index (χ4v) is 3.07. The number of nitrogens with zero attached hydrogens (tertiary/aromatic N) is 1. The second-order valence-electron chi connectivity index (χ2n) is 5.92. The molecule has 23 heavy (non-hydrogen) atoms. The largest absolute Gasteiger partial charge is 0.326 e. The summed E-state index contributed by atoms with van der Waals surface area (Å²) in [7, 11) is 0. The normalized spacial score (nSPS) is 16.5. The van der Waals surface area contributed by atoms with Crippen molar-refractivity contribution in [3.05, 3.63) is 52.8 Å². The van der Waals surface area contributed by atoms with E-state index in [1.54, 1.807) is 0 Å². The number of nitrogens with one attached hydrogen (secondary N) is 2. The highest BCUT2D eigenvalue weighted by Gasteiger charge is 2.30. The lowest BCUT2D eigenvalue weighted by atomic mass is 9.89. The van der Waals surface area contributed by atoms with Crippen LogP contribution < -0.4 is 10.6 Å². The molecule has 1 aromatic heterocycles. The van der Waals surface area contributed by atoms with Crippen molar-refractivity contribution in [1.82, 2.24) is 4.98 Å². The van der Waals surface area contributed by atoms with E-state index in [1.165, 1.54) is 0 Å². The van der Waals surface area contributed by atoms with Crippen molar-refractivity contribution in [1.29, 1.82) is 0 Å². The fraction of sp³-hybridized carbons (Fsp3) is 0.278. The maximum atomic E-state index is 12.7. The fourth-order valence-electron chi connectivity index (χ4n) is 3.07. The summed E-state index contributed by atoms with van der Waals surface area (Å²) in [5, 5.41) is 5.76. The molecule has 5 nitrogen and oxygen atoms in total. The zero-order chi connectivity index (χ0) is 16.6. The van der Waals surface area contributed by atoms with Crippen LogP contribution in [0, 0.1) is 20.8 Å². The number of aryl methyl sites for hydroxylation is 3. The third-order valence-corrected chi connectivity index (χ3v) is 4.09. The van der Waals surface area contributed by atoms with Crippen LogP contribution >= 0.6 is 0 Å². The Hall–Kier alpha value is -2.69. The van der Waals surface area contributed by atoms with Crippen molar-refractivity contribution < 1.29 is 9.59 Å². The lowest BCUT2D eigenvalue weighted by molar-refractivity contribution is -0.123. The van der Waals surface area contributed by atoms with Crippen molar-refractivity contribution >= 4 is 23.2 Å². The first-order chi connectivity index (χ1) is 11.0. The average molecular weight is 309 g/mol. The van der Waals surface area contributed by atoms with Gasteiger partial charge in [-0.1, -0.05) is 18.2 Å². The zero-order valence-corrected chi connectivity index (χ0v) is 13.4. The van der Waals surface area contributed by atoms with E-state index in [0.29, 0.717) is 5.69 Å². The Bertz CT molecular complexity index is 776. The quantitative estimate of drug-likeness (QED) is 0.895. The Morgan fingerprint density at radius 2 is 2.00 bits per heavy atom. The van der Waals surface area contributed by atoms with Crippen LogP contribution in [0.5, 0.6) is 0 Å². The summed E-state index contributed by atoms with van der Waals surface area (Å²) in [6, 6.07) is 9.35. The number of pyridine rings is 1. The molecule has 0 radical (unpaired) electrons. The lowest BCUT2D eigenvalue weighted by Crippen LogP contribution is -2.31. The molecule has 1 aromatic carbocycles. The van der Waals surface area contributed by atoms with Gasteiger partial charge in [0.1, 0.15) is 0 Å². The number of para-hydroxylation sites is 1. The molecule has 0 saturated heterocycles. The van der Waals surface area contributed by atoms with Crippen molar-refractivity contribution in [2.24, 2.45) is 0 Å². The summed E-state index contributed by atoms with van der Waals surface area (Å²) in [5.74, 6) is -0.802. The number of hydrogen-bond acceptors (Lipinski definition) is 3. The van der Waals surface area contributed by atoms with Crippen LogP contribution in [0.3, 0.4) is 0 Å². The molecule has 0 spiro atoms. The van der Waals surface area contributed by atoms with Crippen molar-refractivity contribution in [3.63, 3.8) is 0 Å². The lowest BCUT2D eigenvalue weighted by Gasteiger charge is -2.25. The van der Waals surface area contributed by atoms with Crippen molar-refractivity contribution in [2.75, 3.05) is 10.6 Å². The van der Waals surface area contributed by atoms with Crippen molar-refractivity contribution in [2.45, 2.75) is 33.1 Å². The Kier molecular flexibility index (Phi) is 3.86. The van der Waals surface area contributed by atoms with E-state index >= 15 is 0 Å². The molecule has 2 heterocycles. The monoisotopic (exact) mass is 309 g/mol. The first-order valence-corrected chi connectivity index (χ1v) is 7.60. The summed E-state index contributed by atoms with van der Waals surface area (Å²) >= 11 is 0. The molecule has 3 rings (SSSR count). The van der Waals surface area contributed by atoms with Gasteiger partial charge < -0.3 is 10.6 Å². The van der Waals surface area contributed by atoms with Gasteiger partial charge >= 0.3 is 0 Å². The number of amides is 2. The topological polar surface area (TPSA) is 71.1 Å². The minimum Gasteiger partial charge on any atom is -0.326 e. The maximum Gasteiger partial charge on any atom is 0.232 e. The molecule has 118 valence electrons. The molecule has 1 aliphatic rings. The van der Waals surface area contributed by atoms with Gasteiger partial charge in [0.25, 0.3) is 0 Å². The predicted octanol–water partition coefficient (Wildman–Crippen LogP) is 3.07. The summed E-state index contributed by atoms with van der Waals surface area (Å²) in [5.41, 5.74) is 4.95. The third kappa shape index (κ3) is 2.95. The number of carbonyl (C=O) groups is 2. The van der Waals surface area contributed by atoms with E-state index in [0.717, 1.165) is 28.2 Å². The van der Waals surface area contributed by atoms with E-state index in [4.69, 9.17) is 0 Å².